The van der Waals surface area contributed by atoms with E-state index in [1.54, 1.807) is 16.0 Å². The molecule has 2 aromatic heterocycles. The van der Waals surface area contributed by atoms with E-state index in [1.807, 2.05) is 24.3 Å². The van der Waals surface area contributed by atoms with Crippen LogP contribution >= 0.6 is 11.3 Å². The van der Waals surface area contributed by atoms with Crippen LogP contribution in [0, 0.1) is 0 Å². The smallest absolute Gasteiger partial charge is 0.241 e. The molecular weight excluding hydrogens is 310 g/mol. The molecule has 0 atom stereocenters. The highest BCUT2D eigenvalue weighted by atomic mass is 32.1. The molecule has 1 N–H and O–H groups in total. The van der Waals surface area contributed by atoms with Crippen molar-refractivity contribution < 1.29 is 4.79 Å². The van der Waals surface area contributed by atoms with Crippen LogP contribution in [-0.2, 0) is 17.8 Å². The number of amides is 1. The lowest BCUT2D eigenvalue weighted by molar-refractivity contribution is -0.121. The summed E-state index contributed by atoms with van der Waals surface area (Å²) >= 11 is 1.68. The fourth-order valence-electron chi connectivity index (χ4n) is 2.26. The van der Waals surface area contributed by atoms with Gasteiger partial charge in [-0.25, -0.2) is 9.67 Å². The van der Waals surface area contributed by atoms with E-state index in [9.17, 15) is 4.79 Å². The number of rotatable bonds is 6. The first-order valence-corrected chi connectivity index (χ1v) is 8.50. The van der Waals surface area contributed by atoms with Crippen molar-refractivity contribution >= 4 is 28.3 Å². The van der Waals surface area contributed by atoms with Gasteiger partial charge in [-0.05, 0) is 12.1 Å². The van der Waals surface area contributed by atoms with Gasteiger partial charge in [0.05, 0.1) is 16.2 Å². The van der Waals surface area contributed by atoms with Crippen LogP contribution in [0.1, 0.15) is 30.5 Å². The molecule has 7 heteroatoms. The Labute approximate surface area is 138 Å². The average Bonchev–Trinajstić information content (AvgIpc) is 3.15. The lowest BCUT2D eigenvalue weighted by Gasteiger charge is -2.04. The van der Waals surface area contributed by atoms with Gasteiger partial charge in [-0.15, -0.1) is 16.4 Å². The molecule has 0 bridgehead atoms. The number of carbonyl (C=O) groups is 1. The molecule has 0 saturated heterocycles. The van der Waals surface area contributed by atoms with Gasteiger partial charge in [0.15, 0.2) is 0 Å². The molecule has 2 heterocycles. The summed E-state index contributed by atoms with van der Waals surface area (Å²) in [5.74, 6) is 0.379. The quantitative estimate of drug-likeness (QED) is 0.753. The minimum Gasteiger partial charge on any atom is -0.354 e. The molecule has 0 unspecified atom stereocenters. The van der Waals surface area contributed by atoms with Crippen LogP contribution in [0.3, 0.4) is 0 Å². The van der Waals surface area contributed by atoms with Crippen molar-refractivity contribution in [1.82, 2.24) is 25.3 Å². The second kappa shape index (κ2) is 6.87. The average molecular weight is 329 g/mol. The summed E-state index contributed by atoms with van der Waals surface area (Å²) < 4.78 is 1.62. The minimum absolute atomic E-state index is 0.0695. The summed E-state index contributed by atoms with van der Waals surface area (Å²) in [7, 11) is 0. The maximum absolute atomic E-state index is 12.0. The van der Waals surface area contributed by atoms with E-state index in [0.29, 0.717) is 12.5 Å². The molecule has 0 aliphatic rings. The van der Waals surface area contributed by atoms with E-state index in [-0.39, 0.29) is 12.5 Å². The predicted octanol–water partition coefficient (Wildman–Crippen LogP) is 2.37. The van der Waals surface area contributed by atoms with Crippen LogP contribution in [0.5, 0.6) is 0 Å². The molecule has 23 heavy (non-hydrogen) atoms. The first kappa shape index (κ1) is 15.6. The Morgan fingerprint density at radius 2 is 2.17 bits per heavy atom. The first-order valence-electron chi connectivity index (χ1n) is 7.62. The fourth-order valence-corrected chi connectivity index (χ4v) is 3.13. The van der Waals surface area contributed by atoms with Crippen LogP contribution in [0.25, 0.3) is 11.0 Å². The third kappa shape index (κ3) is 3.73. The highest BCUT2D eigenvalue weighted by Gasteiger charge is 2.09. The molecule has 120 valence electrons. The van der Waals surface area contributed by atoms with Crippen LogP contribution in [-0.4, -0.2) is 32.4 Å². The Balaban J connectivity index is 1.51. The number of thiazole rings is 1. The van der Waals surface area contributed by atoms with Gasteiger partial charge < -0.3 is 5.32 Å². The molecule has 3 aromatic rings. The number of benzene rings is 1. The molecule has 1 aromatic carbocycles. The Hall–Kier alpha value is -2.28. The van der Waals surface area contributed by atoms with E-state index >= 15 is 0 Å². The van der Waals surface area contributed by atoms with Gasteiger partial charge in [-0.2, -0.15) is 0 Å². The van der Waals surface area contributed by atoms with Gasteiger partial charge in [0.1, 0.15) is 12.1 Å². The van der Waals surface area contributed by atoms with Gasteiger partial charge in [0, 0.05) is 24.3 Å². The molecule has 3 rings (SSSR count). The molecule has 0 fully saturated rings. The Morgan fingerprint density at radius 3 is 2.96 bits per heavy atom. The topological polar surface area (TPSA) is 72.7 Å². The number of hydrogen-bond donors (Lipinski definition) is 1. The Kier molecular flexibility index (Phi) is 4.66. The van der Waals surface area contributed by atoms with Crippen molar-refractivity contribution in [2.24, 2.45) is 0 Å². The molecule has 0 aliphatic carbocycles. The number of carbonyl (C=O) groups excluding carboxylic acids is 1. The zero-order valence-corrected chi connectivity index (χ0v) is 14.0. The van der Waals surface area contributed by atoms with Crippen molar-refractivity contribution in [3.8, 4) is 0 Å². The number of fused-ring (bicyclic) bond motifs is 1. The summed E-state index contributed by atoms with van der Waals surface area (Å²) in [6, 6.07) is 7.60. The van der Waals surface area contributed by atoms with Crippen LogP contribution in [0.2, 0.25) is 0 Å². The van der Waals surface area contributed by atoms with Crippen LogP contribution < -0.4 is 5.32 Å². The second-order valence-corrected chi connectivity index (χ2v) is 6.56. The third-order valence-corrected chi connectivity index (χ3v) is 4.67. The lowest BCUT2D eigenvalue weighted by atomic mass is 10.2. The number of hydrogen-bond acceptors (Lipinski definition) is 5. The first-order chi connectivity index (χ1) is 11.1. The molecule has 0 radical (unpaired) electrons. The Bertz CT molecular complexity index is 808. The summed E-state index contributed by atoms with van der Waals surface area (Å²) in [6.07, 6.45) is 0.743. The number of nitrogens with one attached hydrogen (secondary N) is 1. The molecule has 0 saturated carbocycles. The monoisotopic (exact) mass is 329 g/mol. The van der Waals surface area contributed by atoms with Gasteiger partial charge >= 0.3 is 0 Å². The second-order valence-electron chi connectivity index (χ2n) is 5.67. The standard InChI is InChI=1S/C16H19N5OS/c1-11(2)16-18-12(10-23-16)7-8-17-15(22)9-21-14-6-4-3-5-13(14)19-20-21/h3-6,10-11H,7-9H2,1-2H3,(H,17,22). The van der Waals surface area contributed by atoms with Crippen molar-refractivity contribution in [1.29, 1.82) is 0 Å². The largest absolute Gasteiger partial charge is 0.354 e. The number of nitrogens with zero attached hydrogens (tertiary/aromatic N) is 4. The minimum atomic E-state index is -0.0695. The van der Waals surface area contributed by atoms with E-state index in [0.717, 1.165) is 28.2 Å². The van der Waals surface area contributed by atoms with Crippen LogP contribution in [0.4, 0.5) is 0 Å². The van der Waals surface area contributed by atoms with Crippen molar-refractivity contribution in [3.63, 3.8) is 0 Å². The summed E-state index contributed by atoms with van der Waals surface area (Å²) in [6.45, 7) is 5.02. The van der Waals surface area contributed by atoms with Gasteiger partial charge in [-0.3, -0.25) is 4.79 Å². The van der Waals surface area contributed by atoms with Crippen molar-refractivity contribution in [2.75, 3.05) is 6.54 Å². The summed E-state index contributed by atoms with van der Waals surface area (Å²) in [5, 5.41) is 14.2. The molecular formula is C16H19N5OS. The van der Waals surface area contributed by atoms with E-state index in [2.05, 4.69) is 39.8 Å². The van der Waals surface area contributed by atoms with Gasteiger partial charge in [-0.1, -0.05) is 31.2 Å². The third-order valence-electron chi connectivity index (χ3n) is 3.48. The molecule has 1 amide bonds. The normalized spacial score (nSPS) is 11.3. The maximum atomic E-state index is 12.0. The Morgan fingerprint density at radius 1 is 1.35 bits per heavy atom. The van der Waals surface area contributed by atoms with E-state index in [4.69, 9.17) is 0 Å². The predicted molar refractivity (Wildman–Crippen MR) is 90.4 cm³/mol. The number of para-hydroxylation sites is 1. The summed E-state index contributed by atoms with van der Waals surface area (Å²) in [4.78, 5) is 16.6. The van der Waals surface area contributed by atoms with E-state index < -0.39 is 0 Å². The highest BCUT2D eigenvalue weighted by molar-refractivity contribution is 7.09. The highest BCUT2D eigenvalue weighted by Crippen LogP contribution is 2.19. The lowest BCUT2D eigenvalue weighted by Crippen LogP contribution is -2.29. The molecule has 0 spiro atoms. The zero-order chi connectivity index (χ0) is 16.2. The van der Waals surface area contributed by atoms with Gasteiger partial charge in [0.25, 0.3) is 0 Å². The van der Waals surface area contributed by atoms with Crippen molar-refractivity contribution in [2.45, 2.75) is 32.7 Å². The van der Waals surface area contributed by atoms with Crippen LogP contribution in [0.15, 0.2) is 29.6 Å². The SMILES string of the molecule is CC(C)c1nc(CCNC(=O)Cn2nnc3ccccc32)cs1. The summed E-state index contributed by atoms with van der Waals surface area (Å²) in [5.41, 5.74) is 2.69. The van der Waals surface area contributed by atoms with Gasteiger partial charge in [0.2, 0.25) is 5.91 Å². The van der Waals surface area contributed by atoms with E-state index in [1.165, 1.54) is 0 Å². The fraction of sp³-hybridized carbons (Fsp3) is 0.375. The van der Waals surface area contributed by atoms with Crippen molar-refractivity contribution in [3.05, 3.63) is 40.3 Å². The zero-order valence-electron chi connectivity index (χ0n) is 13.2. The molecule has 0 aliphatic heterocycles. The molecule has 6 nitrogen and oxygen atoms in total. The maximum Gasteiger partial charge on any atom is 0.241 e. The number of aromatic nitrogens is 4.